The summed E-state index contributed by atoms with van der Waals surface area (Å²) in [6.07, 6.45) is -2.44. The number of alkyl carbamates (subject to hydrolysis) is 1. The van der Waals surface area contributed by atoms with Gasteiger partial charge >= 0.3 is 12.1 Å². The van der Waals surface area contributed by atoms with E-state index in [1.165, 1.54) is 14.0 Å². The van der Waals surface area contributed by atoms with E-state index in [2.05, 4.69) is 10.6 Å². The molecule has 3 aromatic rings. The second-order valence-electron chi connectivity index (χ2n) is 9.71. The van der Waals surface area contributed by atoms with Gasteiger partial charge in [-0.25, -0.2) is 9.59 Å². The molecule has 0 heterocycles. The zero-order chi connectivity index (χ0) is 28.6. The van der Waals surface area contributed by atoms with Crippen molar-refractivity contribution in [1.29, 1.82) is 0 Å². The van der Waals surface area contributed by atoms with Crippen LogP contribution in [0.2, 0.25) is 0 Å². The number of fused-ring (bicyclic) bond motifs is 3. The molecule has 0 aliphatic heterocycles. The fourth-order valence-corrected chi connectivity index (χ4v) is 4.82. The molecule has 1 aliphatic carbocycles. The molecule has 0 spiro atoms. The van der Waals surface area contributed by atoms with Gasteiger partial charge in [-0.1, -0.05) is 78.9 Å². The molecule has 0 saturated carbocycles. The number of carbonyl (C=O) groups excluding carboxylic acids is 2. The topological polar surface area (TPSA) is 123 Å². The molecule has 1 aliphatic rings. The smallest absolute Gasteiger partial charge is 0.407 e. The minimum Gasteiger partial charge on any atom is -0.480 e. The van der Waals surface area contributed by atoms with Gasteiger partial charge in [0.25, 0.3) is 0 Å². The molecule has 9 nitrogen and oxygen atoms in total. The van der Waals surface area contributed by atoms with Gasteiger partial charge in [-0.2, -0.15) is 0 Å². The van der Waals surface area contributed by atoms with Gasteiger partial charge in [0.1, 0.15) is 12.6 Å². The third-order valence-electron chi connectivity index (χ3n) is 7.13. The van der Waals surface area contributed by atoms with E-state index < -0.39 is 42.3 Å². The number of nitrogens with one attached hydrogen (secondary N) is 2. The molecular formula is C31H34N2O7. The Morgan fingerprint density at radius 3 is 1.95 bits per heavy atom. The molecule has 3 N–H and O–H groups in total. The van der Waals surface area contributed by atoms with E-state index in [1.54, 1.807) is 6.92 Å². The molecular weight excluding hydrogens is 512 g/mol. The monoisotopic (exact) mass is 546 g/mol. The first-order valence-corrected chi connectivity index (χ1v) is 13.1. The number of methoxy groups -OCH3 is 1. The standard InChI is InChI=1S/C31H34N2O7/c1-19(38-3)28(30(35)36)32-29(34)27(20(2)39-17-21-11-5-4-6-12-21)33-31(37)40-18-26-24-15-9-7-13-22(24)23-14-8-10-16-25(23)26/h4-16,19-20,26-28H,17-18H2,1-3H3,(H,32,34)(H,33,37)(H,35,36)/t19-,20?,27?,28+/m1/s1. The van der Waals surface area contributed by atoms with E-state index in [4.69, 9.17) is 14.2 Å². The lowest BCUT2D eigenvalue weighted by molar-refractivity contribution is -0.146. The Balaban J connectivity index is 1.47. The highest BCUT2D eigenvalue weighted by atomic mass is 16.5. The highest BCUT2D eigenvalue weighted by Crippen LogP contribution is 2.44. The van der Waals surface area contributed by atoms with Crippen molar-refractivity contribution in [3.8, 4) is 11.1 Å². The van der Waals surface area contributed by atoms with Crippen molar-refractivity contribution < 1.29 is 33.7 Å². The van der Waals surface area contributed by atoms with Gasteiger partial charge in [0.15, 0.2) is 6.04 Å². The predicted octanol–water partition coefficient (Wildman–Crippen LogP) is 4.10. The molecule has 4 atom stereocenters. The fraction of sp³-hybridized carbons (Fsp3) is 0.323. The van der Waals surface area contributed by atoms with E-state index in [9.17, 15) is 19.5 Å². The van der Waals surface area contributed by atoms with Crippen molar-refractivity contribution >= 4 is 18.0 Å². The zero-order valence-corrected chi connectivity index (χ0v) is 22.7. The van der Waals surface area contributed by atoms with Gasteiger partial charge in [-0.05, 0) is 41.7 Å². The minimum atomic E-state index is -1.33. The molecule has 4 rings (SSSR count). The maximum Gasteiger partial charge on any atom is 0.407 e. The highest BCUT2D eigenvalue weighted by molar-refractivity contribution is 5.90. The maximum absolute atomic E-state index is 13.3. The first-order valence-electron chi connectivity index (χ1n) is 13.1. The molecule has 9 heteroatoms. The van der Waals surface area contributed by atoms with E-state index in [0.29, 0.717) is 0 Å². The van der Waals surface area contributed by atoms with Crippen LogP contribution in [0.1, 0.15) is 36.5 Å². The number of benzene rings is 3. The Bertz CT molecular complexity index is 1280. The Morgan fingerprint density at radius 2 is 1.38 bits per heavy atom. The van der Waals surface area contributed by atoms with Gasteiger partial charge in [0, 0.05) is 13.0 Å². The third kappa shape index (κ3) is 6.67. The number of carbonyl (C=O) groups is 3. The van der Waals surface area contributed by atoms with Crippen molar-refractivity contribution in [2.75, 3.05) is 13.7 Å². The number of amides is 2. The van der Waals surface area contributed by atoms with Crippen molar-refractivity contribution in [3.63, 3.8) is 0 Å². The molecule has 210 valence electrons. The number of carboxylic acid groups (broad SMARTS) is 1. The van der Waals surface area contributed by atoms with E-state index in [0.717, 1.165) is 27.8 Å². The predicted molar refractivity (Wildman–Crippen MR) is 149 cm³/mol. The summed E-state index contributed by atoms with van der Waals surface area (Å²) < 4.78 is 16.6. The van der Waals surface area contributed by atoms with Crippen molar-refractivity contribution in [1.82, 2.24) is 10.6 Å². The van der Waals surface area contributed by atoms with Crippen molar-refractivity contribution in [2.24, 2.45) is 0 Å². The van der Waals surface area contributed by atoms with Crippen LogP contribution in [0.25, 0.3) is 11.1 Å². The van der Waals surface area contributed by atoms with Crippen LogP contribution in [0.3, 0.4) is 0 Å². The Kier molecular flexibility index (Phi) is 9.52. The second-order valence-corrected chi connectivity index (χ2v) is 9.71. The van der Waals surface area contributed by atoms with Crippen molar-refractivity contribution in [3.05, 3.63) is 95.6 Å². The Hall–Kier alpha value is -4.21. The number of aliphatic carboxylic acids is 1. The molecule has 2 unspecified atom stereocenters. The Morgan fingerprint density at radius 1 is 0.800 bits per heavy atom. The summed E-state index contributed by atoms with van der Waals surface area (Å²) in [6, 6.07) is 22.8. The van der Waals surface area contributed by atoms with E-state index in [-0.39, 0.29) is 19.1 Å². The summed E-state index contributed by atoms with van der Waals surface area (Å²) >= 11 is 0. The summed E-state index contributed by atoms with van der Waals surface area (Å²) in [5, 5.41) is 14.7. The summed E-state index contributed by atoms with van der Waals surface area (Å²) in [5.41, 5.74) is 5.19. The van der Waals surface area contributed by atoms with Crippen LogP contribution < -0.4 is 10.6 Å². The van der Waals surface area contributed by atoms with Gasteiger partial charge in [0.2, 0.25) is 5.91 Å². The van der Waals surface area contributed by atoms with Gasteiger partial charge < -0.3 is 30.0 Å². The number of ether oxygens (including phenoxy) is 3. The lowest BCUT2D eigenvalue weighted by Gasteiger charge is -2.27. The van der Waals surface area contributed by atoms with Crippen LogP contribution in [-0.4, -0.2) is 61.1 Å². The van der Waals surface area contributed by atoms with Crippen LogP contribution in [-0.2, 0) is 30.4 Å². The highest BCUT2D eigenvalue weighted by Gasteiger charge is 2.35. The molecule has 0 fully saturated rings. The van der Waals surface area contributed by atoms with Gasteiger partial charge in [-0.3, -0.25) is 4.79 Å². The van der Waals surface area contributed by atoms with Crippen LogP contribution in [0, 0.1) is 0 Å². The largest absolute Gasteiger partial charge is 0.480 e. The van der Waals surface area contributed by atoms with Gasteiger partial charge in [-0.15, -0.1) is 0 Å². The number of carboxylic acids is 1. The minimum absolute atomic E-state index is 0.0614. The molecule has 3 aromatic carbocycles. The van der Waals surface area contributed by atoms with Crippen molar-refractivity contribution in [2.45, 2.75) is 50.7 Å². The molecule has 0 aromatic heterocycles. The average Bonchev–Trinajstić information content (AvgIpc) is 3.29. The number of hydrogen-bond acceptors (Lipinski definition) is 6. The fourth-order valence-electron chi connectivity index (χ4n) is 4.82. The molecule has 2 amide bonds. The molecule has 0 radical (unpaired) electrons. The molecule has 0 bridgehead atoms. The van der Waals surface area contributed by atoms with Crippen LogP contribution in [0.5, 0.6) is 0 Å². The second kappa shape index (κ2) is 13.2. The SMILES string of the molecule is CO[C@H](C)[C@H](NC(=O)C(NC(=O)OCC1c2ccccc2-c2ccccc21)C(C)OCc1ccccc1)C(=O)O. The third-order valence-corrected chi connectivity index (χ3v) is 7.13. The van der Waals surface area contributed by atoms with E-state index in [1.807, 2.05) is 78.9 Å². The van der Waals surface area contributed by atoms with Crippen LogP contribution in [0.4, 0.5) is 4.79 Å². The van der Waals surface area contributed by atoms with Gasteiger partial charge in [0.05, 0.1) is 18.8 Å². The molecule has 0 saturated heterocycles. The first kappa shape index (κ1) is 28.8. The maximum atomic E-state index is 13.3. The summed E-state index contributed by atoms with van der Waals surface area (Å²) in [6.45, 7) is 3.41. The van der Waals surface area contributed by atoms with E-state index >= 15 is 0 Å². The Labute approximate surface area is 233 Å². The normalized spacial score (nSPS) is 15.2. The average molecular weight is 547 g/mol. The summed E-state index contributed by atoms with van der Waals surface area (Å²) in [5.74, 6) is -2.15. The summed E-state index contributed by atoms with van der Waals surface area (Å²) in [4.78, 5) is 38.1. The lowest BCUT2D eigenvalue weighted by Crippen LogP contribution is -2.58. The summed E-state index contributed by atoms with van der Waals surface area (Å²) in [7, 11) is 1.35. The number of rotatable bonds is 12. The van der Waals surface area contributed by atoms with Crippen LogP contribution in [0.15, 0.2) is 78.9 Å². The molecule has 40 heavy (non-hydrogen) atoms. The quantitative estimate of drug-likeness (QED) is 0.313. The zero-order valence-electron chi connectivity index (χ0n) is 22.7. The first-order chi connectivity index (χ1) is 19.3. The van der Waals surface area contributed by atoms with Crippen LogP contribution >= 0.6 is 0 Å². The number of hydrogen-bond donors (Lipinski definition) is 3. The lowest BCUT2D eigenvalue weighted by atomic mass is 9.98.